The summed E-state index contributed by atoms with van der Waals surface area (Å²) in [6.07, 6.45) is 2.21. The van der Waals surface area contributed by atoms with E-state index >= 15 is 0 Å². The van der Waals surface area contributed by atoms with Crippen molar-refractivity contribution in [2.75, 3.05) is 19.6 Å². The SMILES string of the molecule is CC(C)(C)N1CC(C(=O)N2CCC(NC(=O)Cc3ccccc3)CC2)CC1=O. The predicted octanol–water partition coefficient (Wildman–Crippen LogP) is 1.98. The Morgan fingerprint density at radius 2 is 1.75 bits per heavy atom. The van der Waals surface area contributed by atoms with Gasteiger partial charge in [0.15, 0.2) is 0 Å². The molecule has 0 saturated carbocycles. The number of nitrogens with one attached hydrogen (secondary N) is 1. The largest absolute Gasteiger partial charge is 0.353 e. The van der Waals surface area contributed by atoms with Crippen LogP contribution in [0.25, 0.3) is 0 Å². The second kappa shape index (κ2) is 8.33. The number of hydrogen-bond acceptors (Lipinski definition) is 3. The van der Waals surface area contributed by atoms with Gasteiger partial charge in [-0.2, -0.15) is 0 Å². The average molecular weight is 386 g/mol. The molecule has 1 atom stereocenters. The highest BCUT2D eigenvalue weighted by molar-refractivity contribution is 5.89. The molecule has 6 nitrogen and oxygen atoms in total. The lowest BCUT2D eigenvalue weighted by Crippen LogP contribution is -2.49. The van der Waals surface area contributed by atoms with E-state index in [0.29, 0.717) is 32.5 Å². The van der Waals surface area contributed by atoms with Crippen molar-refractivity contribution in [3.63, 3.8) is 0 Å². The van der Waals surface area contributed by atoms with E-state index in [1.807, 2.05) is 60.9 Å². The van der Waals surface area contributed by atoms with Gasteiger partial charge >= 0.3 is 0 Å². The highest BCUT2D eigenvalue weighted by atomic mass is 16.2. The molecule has 2 aliphatic rings. The number of hydrogen-bond donors (Lipinski definition) is 1. The fraction of sp³-hybridized carbons (Fsp3) is 0.591. The minimum Gasteiger partial charge on any atom is -0.353 e. The maximum Gasteiger partial charge on any atom is 0.227 e. The number of carbonyl (C=O) groups is 3. The standard InChI is InChI=1S/C22H31N3O3/c1-22(2,3)25-15-17(14-20(25)27)21(28)24-11-9-18(10-12-24)23-19(26)13-16-7-5-4-6-8-16/h4-8,17-18H,9-15H2,1-3H3,(H,23,26). The van der Waals surface area contributed by atoms with Crippen molar-refractivity contribution in [1.82, 2.24) is 15.1 Å². The number of benzene rings is 1. The van der Waals surface area contributed by atoms with Crippen molar-refractivity contribution < 1.29 is 14.4 Å². The maximum atomic E-state index is 12.8. The van der Waals surface area contributed by atoms with Crippen molar-refractivity contribution in [1.29, 1.82) is 0 Å². The van der Waals surface area contributed by atoms with E-state index in [2.05, 4.69) is 5.32 Å². The topological polar surface area (TPSA) is 69.7 Å². The minimum absolute atomic E-state index is 0.0261. The van der Waals surface area contributed by atoms with Gasteiger partial charge in [0, 0.05) is 37.6 Å². The van der Waals surface area contributed by atoms with E-state index in [-0.39, 0.29) is 35.2 Å². The summed E-state index contributed by atoms with van der Waals surface area (Å²) >= 11 is 0. The number of likely N-dealkylation sites (tertiary alicyclic amines) is 2. The number of carbonyl (C=O) groups excluding carboxylic acids is 3. The summed E-state index contributed by atoms with van der Waals surface area (Å²) in [5, 5.41) is 3.09. The molecule has 28 heavy (non-hydrogen) atoms. The molecule has 1 N–H and O–H groups in total. The van der Waals surface area contributed by atoms with Gasteiger partial charge in [0.25, 0.3) is 0 Å². The van der Waals surface area contributed by atoms with Crippen LogP contribution in [0.2, 0.25) is 0 Å². The fourth-order valence-electron chi connectivity index (χ4n) is 4.08. The number of piperidine rings is 1. The van der Waals surface area contributed by atoms with E-state index in [4.69, 9.17) is 0 Å². The number of nitrogens with zero attached hydrogens (tertiary/aromatic N) is 2. The number of rotatable bonds is 4. The molecule has 0 spiro atoms. The highest BCUT2D eigenvalue weighted by Gasteiger charge is 2.41. The first-order valence-electron chi connectivity index (χ1n) is 10.2. The first-order chi connectivity index (χ1) is 13.2. The Kier molecular flexibility index (Phi) is 6.06. The first kappa shape index (κ1) is 20.4. The van der Waals surface area contributed by atoms with E-state index in [0.717, 1.165) is 18.4 Å². The molecule has 1 aromatic rings. The van der Waals surface area contributed by atoms with Gasteiger partial charge in [-0.25, -0.2) is 0 Å². The molecular formula is C22H31N3O3. The normalized spacial score (nSPS) is 21.1. The molecule has 2 fully saturated rings. The molecule has 3 rings (SSSR count). The van der Waals surface area contributed by atoms with Gasteiger partial charge in [-0.05, 0) is 39.2 Å². The van der Waals surface area contributed by atoms with Gasteiger partial charge in [-0.15, -0.1) is 0 Å². The molecule has 1 aromatic carbocycles. The average Bonchev–Trinajstić information content (AvgIpc) is 3.05. The van der Waals surface area contributed by atoms with Crippen molar-refractivity contribution >= 4 is 17.7 Å². The fourth-order valence-corrected chi connectivity index (χ4v) is 4.08. The van der Waals surface area contributed by atoms with E-state index in [1.165, 1.54) is 0 Å². The van der Waals surface area contributed by atoms with Crippen LogP contribution in [-0.2, 0) is 20.8 Å². The van der Waals surface area contributed by atoms with E-state index in [9.17, 15) is 14.4 Å². The molecule has 0 aliphatic carbocycles. The Morgan fingerprint density at radius 3 is 2.32 bits per heavy atom. The third-order valence-corrected chi connectivity index (χ3v) is 5.66. The van der Waals surface area contributed by atoms with Crippen molar-refractivity contribution in [2.24, 2.45) is 5.92 Å². The summed E-state index contributed by atoms with van der Waals surface area (Å²) in [5.41, 5.74) is 0.754. The molecule has 1 unspecified atom stereocenters. The molecule has 0 aromatic heterocycles. The van der Waals surface area contributed by atoms with Gasteiger partial charge < -0.3 is 15.1 Å². The van der Waals surface area contributed by atoms with Crippen LogP contribution in [0.3, 0.4) is 0 Å². The summed E-state index contributed by atoms with van der Waals surface area (Å²) < 4.78 is 0. The van der Waals surface area contributed by atoms with Crippen molar-refractivity contribution in [3.05, 3.63) is 35.9 Å². The van der Waals surface area contributed by atoms with Crippen LogP contribution in [0, 0.1) is 5.92 Å². The summed E-state index contributed by atoms with van der Waals surface area (Å²) in [5.74, 6) is -0.0720. The third kappa shape index (κ3) is 4.91. The van der Waals surface area contributed by atoms with Crippen LogP contribution in [0.1, 0.15) is 45.6 Å². The third-order valence-electron chi connectivity index (χ3n) is 5.66. The lowest BCUT2D eigenvalue weighted by atomic mass is 10.0. The Balaban J connectivity index is 1.45. The molecular weight excluding hydrogens is 354 g/mol. The molecule has 2 aliphatic heterocycles. The molecule has 3 amide bonds. The van der Waals surface area contributed by atoms with Crippen LogP contribution in [0.5, 0.6) is 0 Å². The highest BCUT2D eigenvalue weighted by Crippen LogP contribution is 2.27. The molecule has 2 saturated heterocycles. The second-order valence-corrected chi connectivity index (χ2v) is 8.91. The zero-order chi connectivity index (χ0) is 20.3. The number of amides is 3. The minimum atomic E-state index is -0.248. The Labute approximate surface area is 167 Å². The van der Waals surface area contributed by atoms with Gasteiger partial charge in [-0.1, -0.05) is 30.3 Å². The Bertz CT molecular complexity index is 718. The Hall–Kier alpha value is -2.37. The molecule has 6 heteroatoms. The first-order valence-corrected chi connectivity index (χ1v) is 10.2. The lowest BCUT2D eigenvalue weighted by Gasteiger charge is -2.35. The van der Waals surface area contributed by atoms with Gasteiger partial charge in [-0.3, -0.25) is 14.4 Å². The van der Waals surface area contributed by atoms with E-state index < -0.39 is 0 Å². The second-order valence-electron chi connectivity index (χ2n) is 8.91. The van der Waals surface area contributed by atoms with E-state index in [1.54, 1.807) is 0 Å². The van der Waals surface area contributed by atoms with Crippen LogP contribution in [-0.4, -0.2) is 58.7 Å². The molecule has 0 bridgehead atoms. The van der Waals surface area contributed by atoms with Crippen LogP contribution in [0.4, 0.5) is 0 Å². The van der Waals surface area contributed by atoms with Crippen molar-refractivity contribution in [3.8, 4) is 0 Å². The quantitative estimate of drug-likeness (QED) is 0.862. The van der Waals surface area contributed by atoms with Gasteiger partial charge in [0.05, 0.1) is 12.3 Å². The lowest BCUT2D eigenvalue weighted by molar-refractivity contribution is -0.137. The summed E-state index contributed by atoms with van der Waals surface area (Å²) in [7, 11) is 0. The maximum absolute atomic E-state index is 12.8. The smallest absolute Gasteiger partial charge is 0.227 e. The zero-order valence-corrected chi connectivity index (χ0v) is 17.1. The Morgan fingerprint density at radius 1 is 1.11 bits per heavy atom. The predicted molar refractivity (Wildman–Crippen MR) is 107 cm³/mol. The summed E-state index contributed by atoms with van der Waals surface area (Å²) in [6, 6.07) is 9.81. The zero-order valence-electron chi connectivity index (χ0n) is 17.1. The monoisotopic (exact) mass is 385 g/mol. The van der Waals surface area contributed by atoms with Crippen molar-refractivity contribution in [2.45, 2.75) is 58.0 Å². The van der Waals surface area contributed by atoms with Gasteiger partial charge in [0.2, 0.25) is 17.7 Å². The molecule has 2 heterocycles. The van der Waals surface area contributed by atoms with Gasteiger partial charge in [0.1, 0.15) is 0 Å². The van der Waals surface area contributed by atoms with Crippen LogP contribution in [0.15, 0.2) is 30.3 Å². The summed E-state index contributed by atoms with van der Waals surface area (Å²) in [6.45, 7) is 7.78. The molecule has 0 radical (unpaired) electrons. The van der Waals surface area contributed by atoms with Crippen LogP contribution >= 0.6 is 0 Å². The molecule has 152 valence electrons. The summed E-state index contributed by atoms with van der Waals surface area (Å²) in [4.78, 5) is 41.0. The van der Waals surface area contributed by atoms with Crippen LogP contribution < -0.4 is 5.32 Å².